The smallest absolute Gasteiger partial charge is 0.265 e. The Morgan fingerprint density at radius 3 is 2.45 bits per heavy atom. The minimum atomic E-state index is -0.226. The van der Waals surface area contributed by atoms with E-state index in [2.05, 4.69) is 9.88 Å². The molecule has 1 aliphatic rings. The number of anilines is 1. The van der Waals surface area contributed by atoms with Crippen molar-refractivity contribution >= 4 is 22.7 Å². The summed E-state index contributed by atoms with van der Waals surface area (Å²) in [6.45, 7) is 8.88. The van der Waals surface area contributed by atoms with E-state index in [4.69, 9.17) is 9.15 Å². The van der Waals surface area contributed by atoms with E-state index in [0.717, 1.165) is 11.4 Å². The highest BCUT2D eigenvalue weighted by molar-refractivity contribution is 6.06. The zero-order valence-electron chi connectivity index (χ0n) is 18.4. The summed E-state index contributed by atoms with van der Waals surface area (Å²) in [5.74, 6) is 1.36. The van der Waals surface area contributed by atoms with Gasteiger partial charge in [0.15, 0.2) is 0 Å². The predicted octanol–water partition coefficient (Wildman–Crippen LogP) is 2.92. The molecular formula is C23H28N4O4. The van der Waals surface area contributed by atoms with Crippen molar-refractivity contribution in [3.05, 3.63) is 52.3 Å². The first kappa shape index (κ1) is 21.0. The van der Waals surface area contributed by atoms with E-state index in [-0.39, 0.29) is 28.5 Å². The van der Waals surface area contributed by atoms with Gasteiger partial charge in [-0.05, 0) is 37.1 Å². The summed E-state index contributed by atoms with van der Waals surface area (Å²) in [6.07, 6.45) is 1.50. The topological polar surface area (TPSA) is 80.8 Å². The highest BCUT2D eigenvalue weighted by Gasteiger charge is 2.29. The van der Waals surface area contributed by atoms with Crippen LogP contribution in [0.1, 0.15) is 30.0 Å². The van der Waals surface area contributed by atoms with Crippen molar-refractivity contribution < 1.29 is 13.9 Å². The van der Waals surface area contributed by atoms with Gasteiger partial charge in [-0.1, -0.05) is 13.8 Å². The number of ether oxygens (including phenoxy) is 1. The highest BCUT2D eigenvalue weighted by atomic mass is 16.5. The second-order valence-electron chi connectivity index (χ2n) is 8.29. The summed E-state index contributed by atoms with van der Waals surface area (Å²) >= 11 is 0. The Balaban J connectivity index is 1.56. The molecule has 0 bridgehead atoms. The van der Waals surface area contributed by atoms with Crippen LogP contribution in [0, 0.1) is 12.8 Å². The van der Waals surface area contributed by atoms with E-state index >= 15 is 0 Å². The van der Waals surface area contributed by atoms with Crippen molar-refractivity contribution in [2.45, 2.75) is 27.3 Å². The third kappa shape index (κ3) is 4.02. The monoisotopic (exact) mass is 424 g/mol. The Morgan fingerprint density at radius 2 is 1.84 bits per heavy atom. The molecule has 1 fully saturated rings. The molecule has 0 unspecified atom stereocenters. The zero-order chi connectivity index (χ0) is 22.1. The SMILES string of the molecule is COc1ccc(N2CCN(C(=O)c3c(C)oc4ncn(CC(C)C)c(=O)c34)CC2)cc1. The van der Waals surface area contributed by atoms with Gasteiger partial charge in [-0.15, -0.1) is 0 Å². The lowest BCUT2D eigenvalue weighted by atomic mass is 10.1. The van der Waals surface area contributed by atoms with Gasteiger partial charge in [0.05, 0.1) is 12.7 Å². The molecule has 31 heavy (non-hydrogen) atoms. The third-order valence-corrected chi connectivity index (χ3v) is 5.63. The number of aryl methyl sites for hydroxylation is 1. The number of benzene rings is 1. The number of nitrogens with zero attached hydrogens (tertiary/aromatic N) is 4. The molecule has 0 atom stereocenters. The minimum Gasteiger partial charge on any atom is -0.497 e. The van der Waals surface area contributed by atoms with Gasteiger partial charge in [-0.2, -0.15) is 0 Å². The maximum atomic E-state index is 13.4. The fraction of sp³-hybridized carbons (Fsp3) is 0.435. The van der Waals surface area contributed by atoms with Crippen LogP contribution in [0.4, 0.5) is 5.69 Å². The number of hydrogen-bond acceptors (Lipinski definition) is 6. The Hall–Kier alpha value is -3.29. The molecule has 0 spiro atoms. The third-order valence-electron chi connectivity index (χ3n) is 5.63. The number of aromatic nitrogens is 2. The van der Waals surface area contributed by atoms with Gasteiger partial charge in [-0.25, -0.2) is 4.98 Å². The van der Waals surface area contributed by atoms with Gasteiger partial charge in [0.25, 0.3) is 11.5 Å². The summed E-state index contributed by atoms with van der Waals surface area (Å²) in [5, 5.41) is 0.281. The first-order valence-electron chi connectivity index (χ1n) is 10.6. The number of carbonyl (C=O) groups is 1. The Morgan fingerprint density at radius 1 is 1.16 bits per heavy atom. The van der Waals surface area contributed by atoms with Crippen molar-refractivity contribution in [1.29, 1.82) is 0 Å². The van der Waals surface area contributed by atoms with Crippen molar-refractivity contribution in [2.24, 2.45) is 5.92 Å². The van der Waals surface area contributed by atoms with Crippen LogP contribution in [0.5, 0.6) is 5.75 Å². The molecule has 1 saturated heterocycles. The number of hydrogen-bond donors (Lipinski definition) is 0. The number of carbonyl (C=O) groups excluding carboxylic acids is 1. The molecule has 1 aliphatic heterocycles. The molecular weight excluding hydrogens is 396 g/mol. The van der Waals surface area contributed by atoms with Gasteiger partial charge < -0.3 is 19.0 Å². The molecule has 1 amide bonds. The fourth-order valence-corrected chi connectivity index (χ4v) is 4.04. The molecule has 0 saturated carbocycles. The number of fused-ring (bicyclic) bond motifs is 1. The predicted molar refractivity (Wildman–Crippen MR) is 119 cm³/mol. The normalized spacial score (nSPS) is 14.5. The van der Waals surface area contributed by atoms with Crippen LogP contribution in [0.3, 0.4) is 0 Å². The quantitative estimate of drug-likeness (QED) is 0.627. The summed E-state index contributed by atoms with van der Waals surface area (Å²) in [6, 6.07) is 7.91. The molecule has 1 aromatic carbocycles. The maximum absolute atomic E-state index is 13.4. The molecule has 3 aromatic rings. The van der Waals surface area contributed by atoms with Crippen LogP contribution in [0.25, 0.3) is 11.1 Å². The number of piperazine rings is 1. The number of amides is 1. The molecule has 0 aliphatic carbocycles. The van der Waals surface area contributed by atoms with Crippen LogP contribution < -0.4 is 15.2 Å². The fourth-order valence-electron chi connectivity index (χ4n) is 4.04. The lowest BCUT2D eigenvalue weighted by Gasteiger charge is -2.36. The van der Waals surface area contributed by atoms with E-state index < -0.39 is 0 Å². The average Bonchev–Trinajstić information content (AvgIpc) is 3.12. The number of rotatable bonds is 5. The first-order valence-corrected chi connectivity index (χ1v) is 10.6. The van der Waals surface area contributed by atoms with Crippen LogP contribution in [0.15, 0.2) is 39.8 Å². The van der Waals surface area contributed by atoms with E-state index in [1.165, 1.54) is 6.33 Å². The van der Waals surface area contributed by atoms with E-state index in [1.54, 1.807) is 23.5 Å². The van der Waals surface area contributed by atoms with Crippen molar-refractivity contribution in [1.82, 2.24) is 14.5 Å². The average molecular weight is 425 g/mol. The minimum absolute atomic E-state index is 0.174. The number of methoxy groups -OCH3 is 1. The molecule has 3 heterocycles. The summed E-state index contributed by atoms with van der Waals surface area (Å²) in [5.41, 5.74) is 1.43. The van der Waals surface area contributed by atoms with E-state index in [1.807, 2.05) is 38.1 Å². The Kier molecular flexibility index (Phi) is 5.71. The van der Waals surface area contributed by atoms with Crippen LogP contribution >= 0.6 is 0 Å². The van der Waals surface area contributed by atoms with E-state index in [9.17, 15) is 9.59 Å². The number of furan rings is 1. The molecule has 4 rings (SSSR count). The van der Waals surface area contributed by atoms with Gasteiger partial charge >= 0.3 is 0 Å². The molecule has 0 radical (unpaired) electrons. The lowest BCUT2D eigenvalue weighted by molar-refractivity contribution is 0.0746. The summed E-state index contributed by atoms with van der Waals surface area (Å²) in [4.78, 5) is 34.7. The Bertz CT molecular complexity index is 1140. The molecule has 8 heteroatoms. The van der Waals surface area contributed by atoms with Gasteiger partial charge in [0.1, 0.15) is 23.2 Å². The highest BCUT2D eigenvalue weighted by Crippen LogP contribution is 2.25. The summed E-state index contributed by atoms with van der Waals surface area (Å²) < 4.78 is 12.4. The largest absolute Gasteiger partial charge is 0.497 e. The van der Waals surface area contributed by atoms with Crippen LogP contribution in [-0.4, -0.2) is 53.6 Å². The Labute approximate surface area is 181 Å². The second kappa shape index (κ2) is 8.45. The lowest BCUT2D eigenvalue weighted by Crippen LogP contribution is -2.49. The van der Waals surface area contributed by atoms with E-state index in [0.29, 0.717) is 44.0 Å². The van der Waals surface area contributed by atoms with Gasteiger partial charge in [-0.3, -0.25) is 14.2 Å². The van der Waals surface area contributed by atoms with Gasteiger partial charge in [0.2, 0.25) is 5.71 Å². The molecule has 2 aromatic heterocycles. The van der Waals surface area contributed by atoms with Gasteiger partial charge in [0, 0.05) is 38.4 Å². The molecule has 164 valence electrons. The first-order chi connectivity index (χ1) is 14.9. The molecule has 0 N–H and O–H groups in total. The molecule has 8 nitrogen and oxygen atoms in total. The van der Waals surface area contributed by atoms with Crippen LogP contribution in [-0.2, 0) is 6.54 Å². The van der Waals surface area contributed by atoms with Crippen molar-refractivity contribution in [3.8, 4) is 5.75 Å². The van der Waals surface area contributed by atoms with Crippen molar-refractivity contribution in [2.75, 3.05) is 38.2 Å². The van der Waals surface area contributed by atoms with Crippen LogP contribution in [0.2, 0.25) is 0 Å². The maximum Gasteiger partial charge on any atom is 0.265 e. The summed E-state index contributed by atoms with van der Waals surface area (Å²) in [7, 11) is 1.65. The standard InChI is InChI=1S/C23H28N4O4/c1-15(2)13-27-14-24-21-20(23(27)29)19(16(3)31-21)22(28)26-11-9-25(10-12-26)17-5-7-18(30-4)8-6-17/h5-8,14-15H,9-13H2,1-4H3. The van der Waals surface area contributed by atoms with Crippen molar-refractivity contribution in [3.63, 3.8) is 0 Å². The second-order valence-corrected chi connectivity index (χ2v) is 8.29. The zero-order valence-corrected chi connectivity index (χ0v) is 18.4.